The first-order valence-corrected chi connectivity index (χ1v) is 9.04. The molecule has 2 N–H and O–H groups in total. The van der Waals surface area contributed by atoms with Crippen molar-refractivity contribution in [3.63, 3.8) is 0 Å². The summed E-state index contributed by atoms with van der Waals surface area (Å²) in [7, 11) is -1.66. The number of carbonyl (C=O) groups excluding carboxylic acids is 1. The molecular formula is C12H24ClN3O3S. The number of rotatable bonds is 7. The molecule has 0 aromatic rings. The van der Waals surface area contributed by atoms with Crippen LogP contribution in [-0.4, -0.2) is 63.6 Å². The summed E-state index contributed by atoms with van der Waals surface area (Å²) < 4.78 is 26.6. The van der Waals surface area contributed by atoms with Crippen LogP contribution in [-0.2, 0) is 14.8 Å². The molecule has 1 heterocycles. The number of carbonyl (C=O) groups is 1. The lowest BCUT2D eigenvalue weighted by atomic mass is 10.1. The van der Waals surface area contributed by atoms with Crippen LogP contribution in [0.25, 0.3) is 0 Å². The lowest BCUT2D eigenvalue weighted by molar-refractivity contribution is -0.122. The average molecular weight is 326 g/mol. The zero-order valence-electron chi connectivity index (χ0n) is 12.1. The molecule has 8 heteroatoms. The molecule has 0 spiro atoms. The quantitative estimate of drug-likeness (QED) is 0.645. The van der Waals surface area contributed by atoms with Crippen LogP contribution in [0.3, 0.4) is 0 Å². The Kier molecular flexibility index (Phi) is 7.22. The van der Waals surface area contributed by atoms with Gasteiger partial charge in [0.1, 0.15) is 0 Å². The van der Waals surface area contributed by atoms with E-state index in [0.29, 0.717) is 12.4 Å². The molecule has 1 rings (SSSR count). The minimum absolute atomic E-state index is 0.0139. The van der Waals surface area contributed by atoms with Crippen molar-refractivity contribution in [3.05, 3.63) is 0 Å². The molecule has 20 heavy (non-hydrogen) atoms. The number of halogens is 1. The van der Waals surface area contributed by atoms with Crippen LogP contribution in [0.4, 0.5) is 0 Å². The number of amides is 1. The highest BCUT2D eigenvalue weighted by Gasteiger charge is 2.25. The van der Waals surface area contributed by atoms with Gasteiger partial charge in [0.05, 0.1) is 12.3 Å². The Bertz CT molecular complexity index is 408. The number of nitrogens with one attached hydrogen (secondary N) is 2. The average Bonchev–Trinajstić information content (AvgIpc) is 2.39. The summed E-state index contributed by atoms with van der Waals surface area (Å²) in [5.41, 5.74) is 0. The number of sulfonamides is 1. The number of likely N-dealkylation sites (tertiary alicyclic amines) is 1. The van der Waals surface area contributed by atoms with Crippen LogP contribution < -0.4 is 10.0 Å². The molecule has 6 nitrogen and oxygen atoms in total. The zero-order chi connectivity index (χ0) is 15.2. The van der Waals surface area contributed by atoms with Crippen molar-refractivity contribution in [2.24, 2.45) is 5.92 Å². The fraction of sp³-hybridized carbons (Fsp3) is 0.917. The van der Waals surface area contributed by atoms with Gasteiger partial charge in [0.2, 0.25) is 15.9 Å². The van der Waals surface area contributed by atoms with Gasteiger partial charge in [-0.1, -0.05) is 6.92 Å². The summed E-state index contributed by atoms with van der Waals surface area (Å²) in [6.07, 6.45) is 1.46. The van der Waals surface area contributed by atoms with Crippen molar-refractivity contribution in [3.8, 4) is 0 Å². The van der Waals surface area contributed by atoms with Gasteiger partial charge in [-0.25, -0.2) is 13.1 Å². The van der Waals surface area contributed by atoms with Crippen molar-refractivity contribution < 1.29 is 13.2 Å². The fourth-order valence-electron chi connectivity index (χ4n) is 2.21. The van der Waals surface area contributed by atoms with Gasteiger partial charge in [-0.05, 0) is 18.8 Å². The number of nitrogens with zero attached hydrogens (tertiary/aromatic N) is 1. The molecule has 1 saturated heterocycles. The molecule has 0 saturated carbocycles. The highest BCUT2D eigenvalue weighted by atomic mass is 35.5. The van der Waals surface area contributed by atoms with Crippen molar-refractivity contribution in [2.75, 3.05) is 38.3 Å². The predicted octanol–water partition coefficient (Wildman–Crippen LogP) is -0.00890. The number of piperidine rings is 1. The molecule has 0 radical (unpaired) electrons. The van der Waals surface area contributed by atoms with E-state index in [1.807, 2.05) is 11.8 Å². The van der Waals surface area contributed by atoms with Crippen LogP contribution in [0, 0.1) is 5.92 Å². The lowest BCUT2D eigenvalue weighted by Crippen LogP contribution is -2.47. The fourth-order valence-corrected chi connectivity index (χ4v) is 4.16. The second-order valence-electron chi connectivity index (χ2n) is 5.38. The van der Waals surface area contributed by atoms with E-state index in [9.17, 15) is 13.2 Å². The Balaban J connectivity index is 2.37. The van der Waals surface area contributed by atoms with Gasteiger partial charge in [-0.2, -0.15) is 0 Å². The molecule has 1 aliphatic heterocycles. The highest BCUT2D eigenvalue weighted by Crippen LogP contribution is 2.12. The van der Waals surface area contributed by atoms with E-state index in [1.165, 1.54) is 0 Å². The van der Waals surface area contributed by atoms with Gasteiger partial charge in [0.15, 0.2) is 0 Å². The topological polar surface area (TPSA) is 78.5 Å². The molecule has 118 valence electrons. The Morgan fingerprint density at radius 1 is 1.40 bits per heavy atom. The highest BCUT2D eigenvalue weighted by molar-refractivity contribution is 7.89. The molecule has 0 aliphatic carbocycles. The minimum Gasteiger partial charge on any atom is -0.358 e. The maximum atomic E-state index is 11.9. The van der Waals surface area contributed by atoms with Crippen molar-refractivity contribution in [1.82, 2.24) is 14.9 Å². The van der Waals surface area contributed by atoms with E-state index in [2.05, 4.69) is 10.0 Å². The van der Waals surface area contributed by atoms with Crippen LogP contribution in [0.15, 0.2) is 0 Å². The van der Waals surface area contributed by atoms with Gasteiger partial charge in [0, 0.05) is 32.1 Å². The SMILES string of the molecule is CNC(=O)CN1CCC(NS(=O)(=O)CC(C)CCl)CC1. The standard InChI is InChI=1S/C12H24ClN3O3S/c1-10(7-13)9-20(18,19)15-11-3-5-16(6-4-11)8-12(17)14-2/h10-11,15H,3-9H2,1-2H3,(H,14,17). The molecule has 1 fully saturated rings. The van der Waals surface area contributed by atoms with Crippen molar-refractivity contribution >= 4 is 27.5 Å². The monoisotopic (exact) mass is 325 g/mol. The first-order valence-electron chi connectivity index (χ1n) is 6.85. The van der Waals surface area contributed by atoms with Crippen LogP contribution in [0.2, 0.25) is 0 Å². The second kappa shape index (κ2) is 8.17. The van der Waals surface area contributed by atoms with E-state index in [4.69, 9.17) is 11.6 Å². The Labute approximate surface area is 126 Å². The summed E-state index contributed by atoms with van der Waals surface area (Å²) in [5.74, 6) is 0.336. The maximum absolute atomic E-state index is 11.9. The largest absolute Gasteiger partial charge is 0.358 e. The number of likely N-dealkylation sites (N-methyl/N-ethyl adjacent to an activating group) is 1. The Morgan fingerprint density at radius 3 is 2.50 bits per heavy atom. The van der Waals surface area contributed by atoms with Gasteiger partial charge in [0.25, 0.3) is 0 Å². The summed E-state index contributed by atoms with van der Waals surface area (Å²) >= 11 is 5.65. The molecule has 0 aromatic carbocycles. The van der Waals surface area contributed by atoms with Crippen LogP contribution >= 0.6 is 11.6 Å². The molecule has 0 bridgehead atoms. The van der Waals surface area contributed by atoms with Crippen LogP contribution in [0.5, 0.6) is 0 Å². The predicted molar refractivity (Wildman–Crippen MR) is 80.3 cm³/mol. The van der Waals surface area contributed by atoms with E-state index in [-0.39, 0.29) is 23.6 Å². The third-order valence-corrected chi connectivity index (χ3v) is 5.57. The Morgan fingerprint density at radius 2 is 2.00 bits per heavy atom. The normalized spacial score (nSPS) is 19.8. The molecule has 1 atom stereocenters. The third-order valence-electron chi connectivity index (χ3n) is 3.35. The van der Waals surface area contributed by atoms with Gasteiger partial charge in [-0.3, -0.25) is 9.69 Å². The summed E-state index contributed by atoms with van der Waals surface area (Å²) in [5, 5.41) is 2.59. The van der Waals surface area contributed by atoms with E-state index in [1.54, 1.807) is 7.05 Å². The first kappa shape index (κ1) is 17.7. The molecule has 1 amide bonds. The number of alkyl halides is 1. The number of hydrogen-bond donors (Lipinski definition) is 2. The third kappa shape index (κ3) is 6.39. The summed E-state index contributed by atoms with van der Waals surface area (Å²) in [6, 6.07) is -0.0385. The zero-order valence-corrected chi connectivity index (χ0v) is 13.6. The smallest absolute Gasteiger partial charge is 0.233 e. The van der Waals surface area contributed by atoms with Gasteiger partial charge < -0.3 is 5.32 Å². The first-order chi connectivity index (χ1) is 9.36. The number of hydrogen-bond acceptors (Lipinski definition) is 4. The molecular weight excluding hydrogens is 302 g/mol. The lowest BCUT2D eigenvalue weighted by Gasteiger charge is -2.31. The molecule has 1 aliphatic rings. The van der Waals surface area contributed by atoms with E-state index >= 15 is 0 Å². The minimum atomic E-state index is -3.27. The Hall–Kier alpha value is -0.370. The maximum Gasteiger partial charge on any atom is 0.233 e. The van der Waals surface area contributed by atoms with E-state index < -0.39 is 10.0 Å². The molecule has 0 aromatic heterocycles. The van der Waals surface area contributed by atoms with Crippen molar-refractivity contribution in [1.29, 1.82) is 0 Å². The van der Waals surface area contributed by atoms with Gasteiger partial charge in [-0.15, -0.1) is 11.6 Å². The molecule has 1 unspecified atom stereocenters. The van der Waals surface area contributed by atoms with E-state index in [0.717, 1.165) is 25.9 Å². The van der Waals surface area contributed by atoms with Gasteiger partial charge >= 0.3 is 0 Å². The van der Waals surface area contributed by atoms with Crippen molar-refractivity contribution in [2.45, 2.75) is 25.8 Å². The summed E-state index contributed by atoms with van der Waals surface area (Å²) in [4.78, 5) is 13.3. The second-order valence-corrected chi connectivity index (χ2v) is 7.49. The van der Waals surface area contributed by atoms with Crippen LogP contribution in [0.1, 0.15) is 19.8 Å². The summed E-state index contributed by atoms with van der Waals surface area (Å²) in [6.45, 7) is 3.65.